The van der Waals surface area contributed by atoms with Gasteiger partial charge in [0.2, 0.25) is 0 Å². The minimum Gasteiger partial charge on any atom is -0.463 e. The Morgan fingerprint density at radius 3 is 0.859 bits per heavy atom. The topological polar surface area (TPSA) is 231 Å². The van der Waals surface area contributed by atoms with Crippen molar-refractivity contribution in [1.82, 2.24) is 0 Å². The molecule has 16 nitrogen and oxygen atoms in total. The highest BCUT2D eigenvalue weighted by molar-refractivity contribution is 7.47. The normalized spacial score (nSPS) is 15.0. The van der Waals surface area contributed by atoms with Gasteiger partial charge in [-0.15, -0.1) is 0 Å². The smallest absolute Gasteiger partial charge is 0.463 e. The molecule has 0 fully saturated rings. The first-order valence-corrected chi connectivity index (χ1v) is 40.4. The van der Waals surface area contributed by atoms with Gasteiger partial charge in [0.05, 0.1) is 26.4 Å². The highest BCUT2D eigenvalue weighted by Gasteiger charge is 2.29. The lowest BCUT2D eigenvalue weighted by atomic mass is 10.1. The summed E-state index contributed by atoms with van der Waals surface area (Å²) in [6, 6.07) is 0. The minimum absolute atomic E-state index is 0.0505. The molecule has 0 aliphatic rings. The van der Waals surface area contributed by atoms with Gasteiger partial charge in [0.25, 0.3) is 0 Å². The van der Waals surface area contributed by atoms with Gasteiger partial charge in [-0.05, 0) is 154 Å². The zero-order chi connectivity index (χ0) is 72.3. The number of carbonyl (C=O) groups is 3. The van der Waals surface area contributed by atoms with E-state index in [0.717, 1.165) is 154 Å². The summed E-state index contributed by atoms with van der Waals surface area (Å²) in [4.78, 5) is 58.6. The van der Waals surface area contributed by atoms with Gasteiger partial charge in [0.1, 0.15) is 25.4 Å². The van der Waals surface area contributed by atoms with Crippen LogP contribution in [0.15, 0.2) is 170 Å². The van der Waals surface area contributed by atoms with E-state index in [1.54, 1.807) is 0 Å². The van der Waals surface area contributed by atoms with Crippen LogP contribution in [0.2, 0.25) is 0 Å². The molecule has 0 aromatic carbocycles. The summed E-state index contributed by atoms with van der Waals surface area (Å²) in [5.41, 5.74) is 0. The number of rotatable bonds is 69. The monoisotopic (exact) mass is 1420 g/mol. The van der Waals surface area contributed by atoms with Crippen LogP contribution in [0, 0.1) is 0 Å². The van der Waals surface area contributed by atoms with E-state index in [0.29, 0.717) is 19.3 Å². The summed E-state index contributed by atoms with van der Waals surface area (Å²) in [7, 11) is -9.82. The van der Waals surface area contributed by atoms with Crippen molar-refractivity contribution in [3.05, 3.63) is 170 Å². The molecule has 0 radical (unpaired) electrons. The third kappa shape index (κ3) is 73.9. The number of aliphatic hydroxyl groups is 2. The van der Waals surface area contributed by atoms with Crippen molar-refractivity contribution in [2.75, 3.05) is 39.6 Å². The highest BCUT2D eigenvalue weighted by atomic mass is 31.2. The van der Waals surface area contributed by atoms with E-state index in [1.165, 1.54) is 51.4 Å². The number of ether oxygens (including phenoxy) is 3. The molecule has 0 bridgehead atoms. The van der Waals surface area contributed by atoms with Crippen LogP contribution in [0.25, 0.3) is 0 Å². The molecule has 0 heterocycles. The molecule has 0 rings (SSSR count). The number of hydrogen-bond donors (Lipinski definition) is 4. The predicted octanol–water partition coefficient (Wildman–Crippen LogP) is 21.6. The third-order valence-electron chi connectivity index (χ3n) is 14.9. The summed E-state index contributed by atoms with van der Waals surface area (Å²) in [5, 5.41) is 20.6. The first-order valence-electron chi connectivity index (χ1n) is 37.4. The first-order chi connectivity index (χ1) is 48.2. The summed E-state index contributed by atoms with van der Waals surface area (Å²) >= 11 is 0. The van der Waals surface area contributed by atoms with Gasteiger partial charge < -0.3 is 34.2 Å². The summed E-state index contributed by atoms with van der Waals surface area (Å²) < 4.78 is 61.0. The Balaban J connectivity index is 4.72. The second kappa shape index (κ2) is 72.7. The van der Waals surface area contributed by atoms with Crippen molar-refractivity contribution in [3.63, 3.8) is 0 Å². The highest BCUT2D eigenvalue weighted by Crippen LogP contribution is 2.45. The maximum absolute atomic E-state index is 13.0. The van der Waals surface area contributed by atoms with Crippen molar-refractivity contribution in [1.29, 1.82) is 0 Å². The molecular weight excluding hydrogens is 1290 g/mol. The van der Waals surface area contributed by atoms with Gasteiger partial charge in [-0.3, -0.25) is 32.5 Å². The largest absolute Gasteiger partial charge is 0.472 e. The van der Waals surface area contributed by atoms with E-state index in [4.69, 9.17) is 32.3 Å². The van der Waals surface area contributed by atoms with Crippen molar-refractivity contribution in [2.24, 2.45) is 0 Å². The Kier molecular flexibility index (Phi) is 69.0. The van der Waals surface area contributed by atoms with Gasteiger partial charge in [-0.1, -0.05) is 262 Å². The standard InChI is InChI=1S/C81H132O16P2/c1-4-7-10-13-16-19-22-25-28-31-34-35-36-37-38-39-42-44-46-49-52-55-58-61-64-67-79(84)91-70-76(82)71-93-98(87,88)94-72-77(83)73-95-99(89,90)96-75-78(97-81(86)69-66-63-60-57-54-51-48-45-41-33-30-27-24-21-18-15-12-9-6-3)74-92-80(85)68-65-62-59-56-53-50-47-43-40-32-29-26-23-20-17-14-11-8-5-2/h8-9,11-12,16-21,25-30,34-35,37-38,40-41,43,45,50-51,53-54,76-78,82-83H,4-7,10,13-15,22-24,31-33,36,39,42,44,46-49,52,55-75H2,1-3H3,(H,87,88)(H,89,90)/b11-8-,12-9-,19-16-,20-17-,21-18-,28-25-,29-26-,30-27-,35-34-,38-37-,43-40-,45-41-,53-50-,54-51-. The number of aliphatic hydroxyl groups excluding tert-OH is 2. The number of unbranched alkanes of at least 4 members (excludes halogenated alkanes) is 18. The maximum Gasteiger partial charge on any atom is 0.472 e. The van der Waals surface area contributed by atoms with Crippen LogP contribution < -0.4 is 0 Å². The van der Waals surface area contributed by atoms with Crippen LogP contribution in [-0.2, 0) is 55.8 Å². The molecule has 0 aliphatic heterocycles. The lowest BCUT2D eigenvalue weighted by Gasteiger charge is -2.21. The second-order valence-corrected chi connectivity index (χ2v) is 27.2. The molecule has 18 heteroatoms. The number of phosphoric ester groups is 2. The lowest BCUT2D eigenvalue weighted by molar-refractivity contribution is -0.161. The van der Waals surface area contributed by atoms with E-state index in [1.807, 2.05) is 0 Å². The molecule has 0 saturated carbocycles. The third-order valence-corrected chi connectivity index (χ3v) is 16.8. The zero-order valence-corrected chi connectivity index (χ0v) is 62.9. The molecule has 5 atom stereocenters. The Morgan fingerprint density at radius 1 is 0.293 bits per heavy atom. The van der Waals surface area contributed by atoms with Crippen LogP contribution >= 0.6 is 15.6 Å². The second-order valence-electron chi connectivity index (χ2n) is 24.3. The van der Waals surface area contributed by atoms with Crippen LogP contribution in [0.5, 0.6) is 0 Å². The summed E-state index contributed by atoms with van der Waals surface area (Å²) in [5.74, 6) is -1.67. The Hall–Kier alpha value is -5.09. The van der Waals surface area contributed by atoms with Crippen LogP contribution in [-0.4, -0.2) is 95.9 Å². The molecule has 562 valence electrons. The van der Waals surface area contributed by atoms with E-state index in [9.17, 15) is 43.5 Å². The Morgan fingerprint density at radius 2 is 0.535 bits per heavy atom. The fourth-order valence-electron chi connectivity index (χ4n) is 9.25. The van der Waals surface area contributed by atoms with Crippen molar-refractivity contribution < 1.29 is 75.8 Å². The van der Waals surface area contributed by atoms with Gasteiger partial charge in [0, 0.05) is 19.3 Å². The lowest BCUT2D eigenvalue weighted by Crippen LogP contribution is -2.30. The van der Waals surface area contributed by atoms with E-state index >= 15 is 0 Å². The molecule has 0 aromatic rings. The van der Waals surface area contributed by atoms with Crippen molar-refractivity contribution in [3.8, 4) is 0 Å². The fourth-order valence-corrected chi connectivity index (χ4v) is 10.8. The Bertz CT molecular complexity index is 2480. The average Bonchev–Trinajstić information content (AvgIpc) is 2.97. The molecule has 0 spiro atoms. The van der Waals surface area contributed by atoms with Crippen LogP contribution in [0.4, 0.5) is 0 Å². The SMILES string of the molecule is CC/C=C\C/C=C\C/C=C\C/C=C\C/C=C\CCCCCC(=O)OCC(COP(=O)(O)OCC(O)COP(=O)(O)OCC(O)COC(=O)CCCCCCCCCCC/C=C\C/C=C\C/C=C\C/C=C\CCCCC)OC(=O)CCCCC/C=C\C/C=C\C/C=C\C/C=C\C/C=C\CC. The van der Waals surface area contributed by atoms with Gasteiger partial charge in [0.15, 0.2) is 6.10 Å². The molecule has 5 unspecified atom stereocenters. The first kappa shape index (κ1) is 93.9. The summed E-state index contributed by atoms with van der Waals surface area (Å²) in [6.45, 7) is 2.31. The minimum atomic E-state index is -4.96. The van der Waals surface area contributed by atoms with Crippen LogP contribution in [0.1, 0.15) is 265 Å². The predicted molar refractivity (Wildman–Crippen MR) is 408 cm³/mol. The fraction of sp³-hybridized carbons (Fsp3) is 0.617. The summed E-state index contributed by atoms with van der Waals surface area (Å²) in [6.07, 6.45) is 91.1. The molecule has 4 N–H and O–H groups in total. The van der Waals surface area contributed by atoms with Gasteiger partial charge in [-0.25, -0.2) is 9.13 Å². The average molecular weight is 1420 g/mol. The molecule has 0 aliphatic carbocycles. The van der Waals surface area contributed by atoms with E-state index < -0.39 is 91.5 Å². The van der Waals surface area contributed by atoms with Crippen LogP contribution in [0.3, 0.4) is 0 Å². The van der Waals surface area contributed by atoms with Crippen molar-refractivity contribution in [2.45, 2.75) is 283 Å². The zero-order valence-electron chi connectivity index (χ0n) is 61.1. The number of hydrogen-bond acceptors (Lipinski definition) is 14. The number of esters is 3. The van der Waals surface area contributed by atoms with E-state index in [2.05, 4.69) is 191 Å². The van der Waals surface area contributed by atoms with E-state index in [-0.39, 0.29) is 19.3 Å². The molecule has 0 saturated heterocycles. The molecular formula is C81H132O16P2. The molecule has 99 heavy (non-hydrogen) atoms. The van der Waals surface area contributed by atoms with Crippen molar-refractivity contribution >= 4 is 33.6 Å². The molecule has 0 amide bonds. The number of carbonyl (C=O) groups excluding carboxylic acids is 3. The van der Waals surface area contributed by atoms with Gasteiger partial charge in [-0.2, -0.15) is 0 Å². The molecule has 0 aromatic heterocycles. The maximum atomic E-state index is 13.0. The number of phosphoric acid groups is 2. The van der Waals surface area contributed by atoms with Gasteiger partial charge >= 0.3 is 33.6 Å². The quantitative estimate of drug-likeness (QED) is 0.0146. The number of allylic oxidation sites excluding steroid dienone is 28. The Labute approximate surface area is 599 Å².